The Morgan fingerprint density at radius 1 is 1.42 bits per heavy atom. The molecule has 2 aromatic rings. The number of fused-ring (bicyclic) bond motifs is 1. The van der Waals surface area contributed by atoms with Crippen LogP contribution >= 0.6 is 34.7 Å². The van der Waals surface area contributed by atoms with Gasteiger partial charge in [-0.05, 0) is 18.2 Å². The van der Waals surface area contributed by atoms with Gasteiger partial charge in [0.15, 0.2) is 14.2 Å². The summed E-state index contributed by atoms with van der Waals surface area (Å²) >= 11 is 8.71. The Balaban J connectivity index is 1.86. The average Bonchev–Trinajstić information content (AvgIpc) is 2.79. The topological polar surface area (TPSA) is 67.3 Å². The van der Waals surface area contributed by atoms with E-state index in [0.717, 1.165) is 14.6 Å². The smallest absolute Gasteiger partial charge is 0.154 e. The van der Waals surface area contributed by atoms with Gasteiger partial charge in [-0.1, -0.05) is 23.4 Å². The minimum absolute atomic E-state index is 0.00944. The molecule has 0 bridgehead atoms. The Hall–Kier alpha value is -0.340. The molecule has 0 saturated carbocycles. The van der Waals surface area contributed by atoms with Gasteiger partial charge in [-0.25, -0.2) is 13.4 Å². The number of rotatable bonds is 2. The Morgan fingerprint density at radius 2 is 2.21 bits per heavy atom. The summed E-state index contributed by atoms with van der Waals surface area (Å²) in [5.41, 5.74) is 0.801. The van der Waals surface area contributed by atoms with Crippen LogP contribution in [0.15, 0.2) is 22.5 Å². The van der Waals surface area contributed by atoms with Crippen molar-refractivity contribution in [1.29, 1.82) is 0 Å². The number of sulfone groups is 1. The molecule has 2 heterocycles. The molecule has 4 nitrogen and oxygen atoms in total. The highest BCUT2D eigenvalue weighted by atomic mass is 35.5. The van der Waals surface area contributed by atoms with E-state index in [1.54, 1.807) is 12.1 Å². The zero-order valence-corrected chi connectivity index (χ0v) is 12.8. The van der Waals surface area contributed by atoms with Crippen LogP contribution in [0.2, 0.25) is 5.02 Å². The number of aliphatic hydroxyl groups excluding tert-OH is 1. The average molecular weight is 336 g/mol. The number of hydrogen-bond donors (Lipinski definition) is 1. The summed E-state index contributed by atoms with van der Waals surface area (Å²) in [5.74, 6) is -0.142. The Labute approximate surface area is 123 Å². The molecule has 3 rings (SSSR count). The van der Waals surface area contributed by atoms with Crippen LogP contribution in [0.4, 0.5) is 0 Å². The predicted molar refractivity (Wildman–Crippen MR) is 78.9 cm³/mol. The molecule has 1 aliphatic heterocycles. The fourth-order valence-corrected chi connectivity index (χ4v) is 6.94. The summed E-state index contributed by atoms with van der Waals surface area (Å²) in [6.45, 7) is 0. The van der Waals surface area contributed by atoms with Gasteiger partial charge in [0.1, 0.15) is 0 Å². The molecule has 2 atom stereocenters. The molecule has 0 unspecified atom stereocenters. The van der Waals surface area contributed by atoms with Crippen LogP contribution in [0.25, 0.3) is 10.2 Å². The third-order valence-electron chi connectivity index (χ3n) is 2.85. The zero-order chi connectivity index (χ0) is 13.6. The van der Waals surface area contributed by atoms with Crippen LogP contribution in [0.5, 0.6) is 0 Å². The summed E-state index contributed by atoms with van der Waals surface area (Å²) in [6.07, 6.45) is -0.814. The molecule has 1 aliphatic rings. The van der Waals surface area contributed by atoms with E-state index in [2.05, 4.69) is 4.98 Å². The molecule has 0 aliphatic carbocycles. The Morgan fingerprint density at radius 3 is 2.89 bits per heavy atom. The van der Waals surface area contributed by atoms with Gasteiger partial charge in [0.2, 0.25) is 0 Å². The molecule has 1 fully saturated rings. The molecular formula is C11H10ClNO3S3. The summed E-state index contributed by atoms with van der Waals surface area (Å²) in [7, 11) is -3.12. The normalized spacial score (nSPS) is 26.0. The van der Waals surface area contributed by atoms with Gasteiger partial charge < -0.3 is 5.11 Å². The van der Waals surface area contributed by atoms with Gasteiger partial charge >= 0.3 is 0 Å². The fourth-order valence-electron chi connectivity index (χ4n) is 1.97. The van der Waals surface area contributed by atoms with E-state index in [1.807, 2.05) is 6.07 Å². The molecule has 0 spiro atoms. The van der Waals surface area contributed by atoms with Crippen molar-refractivity contribution in [3.05, 3.63) is 23.2 Å². The predicted octanol–water partition coefficient (Wildman–Crippen LogP) is 2.20. The SMILES string of the molecule is O=S1(=O)C[C@H](Sc2nc3cc(Cl)ccc3s2)[C@@H](O)C1. The lowest BCUT2D eigenvalue weighted by molar-refractivity contribution is 0.207. The standard InChI is InChI=1S/C11H10ClNO3S3/c12-6-1-2-9-7(3-6)13-11(17-9)18-10-5-19(15,16)4-8(10)14/h1-3,8,10,14H,4-5H2/t8-,10-/m0/s1. The highest BCUT2D eigenvalue weighted by Gasteiger charge is 2.37. The minimum Gasteiger partial charge on any atom is -0.391 e. The number of aliphatic hydroxyl groups is 1. The maximum absolute atomic E-state index is 11.5. The van der Waals surface area contributed by atoms with Crippen LogP contribution in [0.1, 0.15) is 0 Å². The number of halogens is 1. The van der Waals surface area contributed by atoms with E-state index in [1.165, 1.54) is 23.1 Å². The number of thioether (sulfide) groups is 1. The number of hydrogen-bond acceptors (Lipinski definition) is 6. The number of nitrogens with zero attached hydrogens (tertiary/aromatic N) is 1. The molecule has 1 aromatic heterocycles. The maximum Gasteiger partial charge on any atom is 0.154 e. The lowest BCUT2D eigenvalue weighted by Gasteiger charge is -2.08. The van der Waals surface area contributed by atoms with Crippen molar-refractivity contribution >= 4 is 54.8 Å². The maximum atomic E-state index is 11.5. The highest BCUT2D eigenvalue weighted by Crippen LogP contribution is 2.36. The lowest BCUT2D eigenvalue weighted by Crippen LogP contribution is -2.19. The first-order valence-corrected chi connectivity index (χ1v) is 9.44. The van der Waals surface area contributed by atoms with Crippen molar-refractivity contribution in [3.8, 4) is 0 Å². The monoisotopic (exact) mass is 335 g/mol. The van der Waals surface area contributed by atoms with Crippen molar-refractivity contribution in [1.82, 2.24) is 4.98 Å². The second-order valence-corrected chi connectivity index (χ2v) is 9.50. The van der Waals surface area contributed by atoms with E-state index in [0.29, 0.717) is 5.02 Å². The summed E-state index contributed by atoms with van der Waals surface area (Å²) in [5, 5.41) is 10.1. The van der Waals surface area contributed by atoms with Crippen molar-refractivity contribution in [2.45, 2.75) is 15.7 Å². The first-order chi connectivity index (χ1) is 8.93. The third kappa shape index (κ3) is 2.90. The molecular weight excluding hydrogens is 326 g/mol. The second-order valence-electron chi connectivity index (χ2n) is 4.39. The van der Waals surface area contributed by atoms with Gasteiger partial charge in [0.25, 0.3) is 0 Å². The second kappa shape index (κ2) is 4.89. The van der Waals surface area contributed by atoms with Crippen LogP contribution in [0, 0.1) is 0 Å². The van der Waals surface area contributed by atoms with E-state index in [-0.39, 0.29) is 16.8 Å². The van der Waals surface area contributed by atoms with E-state index in [4.69, 9.17) is 11.6 Å². The molecule has 102 valence electrons. The van der Waals surface area contributed by atoms with Crippen molar-refractivity contribution in [2.75, 3.05) is 11.5 Å². The van der Waals surface area contributed by atoms with E-state index < -0.39 is 15.9 Å². The molecule has 1 saturated heterocycles. The summed E-state index contributed by atoms with van der Waals surface area (Å²) < 4.78 is 24.7. The van der Waals surface area contributed by atoms with Crippen LogP contribution in [-0.4, -0.2) is 41.4 Å². The summed E-state index contributed by atoms with van der Waals surface area (Å²) in [4.78, 5) is 4.41. The highest BCUT2D eigenvalue weighted by molar-refractivity contribution is 8.03. The largest absolute Gasteiger partial charge is 0.391 e. The number of aromatic nitrogens is 1. The Bertz CT molecular complexity index is 728. The molecule has 0 radical (unpaired) electrons. The van der Waals surface area contributed by atoms with Gasteiger partial charge in [0, 0.05) is 5.02 Å². The zero-order valence-electron chi connectivity index (χ0n) is 9.61. The molecule has 1 aromatic carbocycles. The van der Waals surface area contributed by atoms with Crippen LogP contribution in [-0.2, 0) is 9.84 Å². The molecule has 1 N–H and O–H groups in total. The van der Waals surface area contributed by atoms with E-state index >= 15 is 0 Å². The molecule has 0 amide bonds. The van der Waals surface area contributed by atoms with Crippen molar-refractivity contribution in [2.24, 2.45) is 0 Å². The van der Waals surface area contributed by atoms with Crippen LogP contribution < -0.4 is 0 Å². The van der Waals surface area contributed by atoms with Gasteiger partial charge in [-0.2, -0.15) is 0 Å². The third-order valence-corrected chi connectivity index (χ3v) is 7.46. The Kier molecular flexibility index (Phi) is 3.51. The van der Waals surface area contributed by atoms with Gasteiger partial charge in [-0.3, -0.25) is 0 Å². The fraction of sp³-hybridized carbons (Fsp3) is 0.364. The minimum atomic E-state index is -3.12. The van der Waals surface area contributed by atoms with Gasteiger partial charge in [-0.15, -0.1) is 11.3 Å². The quantitative estimate of drug-likeness (QED) is 0.911. The van der Waals surface area contributed by atoms with Crippen molar-refractivity contribution in [3.63, 3.8) is 0 Å². The van der Waals surface area contributed by atoms with Crippen molar-refractivity contribution < 1.29 is 13.5 Å². The number of thiazole rings is 1. The van der Waals surface area contributed by atoms with E-state index in [9.17, 15) is 13.5 Å². The van der Waals surface area contributed by atoms with Gasteiger partial charge in [0.05, 0.1) is 33.1 Å². The molecule has 19 heavy (non-hydrogen) atoms. The number of benzene rings is 1. The lowest BCUT2D eigenvalue weighted by atomic mass is 10.3. The summed E-state index contributed by atoms with van der Waals surface area (Å²) in [6, 6.07) is 5.46. The first kappa shape index (κ1) is 13.6. The van der Waals surface area contributed by atoms with Crippen LogP contribution in [0.3, 0.4) is 0 Å². The molecule has 8 heteroatoms. The first-order valence-electron chi connectivity index (χ1n) is 5.54.